The minimum absolute atomic E-state index is 0.00958. The molecular weight excluding hydrogens is 496 g/mol. The van der Waals surface area contributed by atoms with E-state index < -0.39 is 5.91 Å². The highest BCUT2D eigenvalue weighted by molar-refractivity contribution is 7.17. The lowest BCUT2D eigenvalue weighted by Gasteiger charge is -2.12. The van der Waals surface area contributed by atoms with E-state index in [2.05, 4.69) is 25.8 Å². The third kappa shape index (κ3) is 3.96. The Morgan fingerprint density at radius 1 is 1.00 bits per heavy atom. The number of hydrogen-bond donors (Lipinski definition) is 3. The number of nitrogen functional groups attached to an aromatic ring is 1. The second kappa shape index (κ2) is 9.06. The average Bonchev–Trinajstić information content (AvgIpc) is 3.52. The number of nitrogens with one attached hydrogen (secondary N) is 2. The number of rotatable bonds is 6. The molecule has 0 spiro atoms. The van der Waals surface area contributed by atoms with Crippen LogP contribution in [0.2, 0.25) is 0 Å². The largest absolute Gasteiger partial charge is 0.382 e. The molecule has 2 aromatic carbocycles. The van der Waals surface area contributed by atoms with Crippen LogP contribution in [0.1, 0.15) is 22.0 Å². The normalized spacial score (nSPS) is 11.4. The van der Waals surface area contributed by atoms with E-state index in [1.54, 1.807) is 4.79 Å². The number of carbonyl (C=O) groups is 1. The number of aromatic nitrogens is 5. The molecule has 11 heteroatoms. The molecule has 0 unspecified atom stereocenters. The highest BCUT2D eigenvalue weighted by atomic mass is 35.5. The van der Waals surface area contributed by atoms with E-state index in [0.29, 0.717) is 23.8 Å². The monoisotopic (exact) mass is 514 g/mol. The van der Waals surface area contributed by atoms with Crippen LogP contribution < -0.4 is 16.5 Å². The Bertz CT molecular complexity index is 1760. The lowest BCUT2D eigenvalue weighted by molar-refractivity contribution is 0.101. The van der Waals surface area contributed by atoms with Gasteiger partial charge in [-0.1, -0.05) is 42.5 Å². The molecule has 178 valence electrons. The standard InChI is InChI=1S/C25H19ClN8OS/c26-12-18-16-7-3-4-8-20(16)34(33-18)28-13-19-15-6-2-1-5-14(15)11-21(29-19)31-25(35)24-30-17-9-10-36-22(17)23(27)32-24/h1-11,28H,12-13H2,(H2,27,30,32)(H,29,31,35). The van der Waals surface area contributed by atoms with Crippen LogP contribution in [0.15, 0.2) is 66.0 Å². The van der Waals surface area contributed by atoms with Crippen molar-refractivity contribution in [3.05, 3.63) is 83.3 Å². The van der Waals surface area contributed by atoms with Gasteiger partial charge in [-0.3, -0.25) is 4.79 Å². The summed E-state index contributed by atoms with van der Waals surface area (Å²) in [6.45, 7) is 0.363. The number of anilines is 2. The summed E-state index contributed by atoms with van der Waals surface area (Å²) >= 11 is 7.53. The van der Waals surface area contributed by atoms with Crippen LogP contribution in [0.4, 0.5) is 11.6 Å². The van der Waals surface area contributed by atoms with Gasteiger partial charge >= 0.3 is 0 Å². The number of carbonyl (C=O) groups excluding carboxylic acids is 1. The Morgan fingerprint density at radius 3 is 2.67 bits per heavy atom. The Kier molecular flexibility index (Phi) is 5.59. The van der Waals surface area contributed by atoms with Crippen molar-refractivity contribution in [2.24, 2.45) is 0 Å². The third-order valence-corrected chi connectivity index (χ3v) is 6.96. The number of nitrogens with two attached hydrogens (primary N) is 1. The summed E-state index contributed by atoms with van der Waals surface area (Å²) in [7, 11) is 0. The first-order valence-electron chi connectivity index (χ1n) is 11.1. The summed E-state index contributed by atoms with van der Waals surface area (Å²) < 4.78 is 0.757. The summed E-state index contributed by atoms with van der Waals surface area (Å²) in [4.78, 5) is 27.9. The summed E-state index contributed by atoms with van der Waals surface area (Å²) in [6, 6.07) is 19.3. The zero-order chi connectivity index (χ0) is 24.6. The van der Waals surface area contributed by atoms with Crippen LogP contribution >= 0.6 is 22.9 Å². The molecular formula is C25H19ClN8OS. The number of pyridine rings is 1. The fraction of sp³-hybridized carbons (Fsp3) is 0.0800. The highest BCUT2D eigenvalue weighted by Crippen LogP contribution is 2.25. The van der Waals surface area contributed by atoms with Crippen molar-refractivity contribution in [1.29, 1.82) is 0 Å². The van der Waals surface area contributed by atoms with E-state index in [9.17, 15) is 4.79 Å². The first kappa shape index (κ1) is 22.2. The Hall–Kier alpha value is -4.28. The van der Waals surface area contributed by atoms with Gasteiger partial charge in [-0.05, 0) is 29.0 Å². The topological polar surface area (TPSA) is 124 Å². The van der Waals surface area contributed by atoms with E-state index in [0.717, 1.165) is 37.8 Å². The SMILES string of the molecule is Nc1nc(C(=O)Nc2cc3ccccc3c(CNn3nc(CCl)c4ccccc43)n2)nc2ccsc12. The maximum Gasteiger partial charge on any atom is 0.294 e. The zero-order valence-electron chi connectivity index (χ0n) is 18.8. The summed E-state index contributed by atoms with van der Waals surface area (Å²) in [6.07, 6.45) is 0. The van der Waals surface area contributed by atoms with Crippen LogP contribution in [0.25, 0.3) is 31.9 Å². The predicted octanol–water partition coefficient (Wildman–Crippen LogP) is 4.91. The Morgan fingerprint density at radius 2 is 1.81 bits per heavy atom. The first-order valence-corrected chi connectivity index (χ1v) is 12.5. The van der Waals surface area contributed by atoms with Crippen LogP contribution in [-0.4, -0.2) is 30.7 Å². The van der Waals surface area contributed by atoms with Crippen molar-refractivity contribution in [3.63, 3.8) is 0 Å². The average molecular weight is 515 g/mol. The van der Waals surface area contributed by atoms with Crippen molar-refractivity contribution in [2.45, 2.75) is 12.4 Å². The Labute approximate surface area is 213 Å². The smallest absolute Gasteiger partial charge is 0.294 e. The fourth-order valence-corrected chi connectivity index (χ4v) is 5.06. The highest BCUT2D eigenvalue weighted by Gasteiger charge is 2.16. The lowest BCUT2D eigenvalue weighted by Crippen LogP contribution is -2.19. The second-order valence-electron chi connectivity index (χ2n) is 8.04. The zero-order valence-corrected chi connectivity index (χ0v) is 20.3. The van der Waals surface area contributed by atoms with E-state index in [4.69, 9.17) is 22.3 Å². The van der Waals surface area contributed by atoms with Gasteiger partial charge in [0.1, 0.15) is 11.6 Å². The van der Waals surface area contributed by atoms with Gasteiger partial charge in [0.05, 0.1) is 39.5 Å². The molecule has 1 amide bonds. The molecule has 0 bridgehead atoms. The molecule has 4 heterocycles. The molecule has 9 nitrogen and oxygen atoms in total. The van der Waals surface area contributed by atoms with Crippen LogP contribution in [0, 0.1) is 0 Å². The minimum atomic E-state index is -0.485. The van der Waals surface area contributed by atoms with Crippen LogP contribution in [-0.2, 0) is 12.4 Å². The van der Waals surface area contributed by atoms with Gasteiger partial charge in [0.15, 0.2) is 0 Å². The quantitative estimate of drug-likeness (QED) is 0.270. The van der Waals surface area contributed by atoms with Gasteiger partial charge in [0.2, 0.25) is 5.82 Å². The molecule has 4 aromatic heterocycles. The molecule has 0 saturated heterocycles. The summed E-state index contributed by atoms with van der Waals surface area (Å²) in [5.74, 6) is 0.474. The number of hydrogen-bond acceptors (Lipinski definition) is 8. The molecule has 4 N–H and O–H groups in total. The third-order valence-electron chi connectivity index (χ3n) is 5.78. The molecule has 0 aliphatic heterocycles. The van der Waals surface area contributed by atoms with Crippen molar-refractivity contribution < 1.29 is 4.79 Å². The van der Waals surface area contributed by atoms with E-state index in [-0.39, 0.29) is 11.6 Å². The molecule has 6 rings (SSSR count). The van der Waals surface area contributed by atoms with Crippen molar-refractivity contribution >= 4 is 72.4 Å². The fourth-order valence-electron chi connectivity index (χ4n) is 4.13. The van der Waals surface area contributed by atoms with Gasteiger partial charge in [-0.25, -0.2) is 15.0 Å². The summed E-state index contributed by atoms with van der Waals surface area (Å²) in [5, 5.41) is 12.1. The maximum absolute atomic E-state index is 13.0. The number of thiophene rings is 1. The van der Waals surface area contributed by atoms with Crippen LogP contribution in [0.5, 0.6) is 0 Å². The van der Waals surface area contributed by atoms with Gasteiger partial charge < -0.3 is 16.5 Å². The number of para-hydroxylation sites is 1. The van der Waals surface area contributed by atoms with Crippen molar-refractivity contribution in [1.82, 2.24) is 24.8 Å². The number of fused-ring (bicyclic) bond motifs is 3. The van der Waals surface area contributed by atoms with Crippen molar-refractivity contribution in [3.8, 4) is 0 Å². The van der Waals surface area contributed by atoms with E-state index in [1.165, 1.54) is 11.3 Å². The molecule has 0 aliphatic carbocycles. The van der Waals surface area contributed by atoms with Gasteiger partial charge in [-0.2, -0.15) is 9.89 Å². The molecule has 0 fully saturated rings. The van der Waals surface area contributed by atoms with Crippen LogP contribution in [0.3, 0.4) is 0 Å². The summed E-state index contributed by atoms with van der Waals surface area (Å²) in [5.41, 5.74) is 12.4. The number of benzene rings is 2. The maximum atomic E-state index is 13.0. The first-order chi connectivity index (χ1) is 17.6. The molecule has 0 atom stereocenters. The predicted molar refractivity (Wildman–Crippen MR) is 144 cm³/mol. The van der Waals surface area contributed by atoms with E-state index in [1.807, 2.05) is 66.0 Å². The van der Waals surface area contributed by atoms with Gasteiger partial charge in [0, 0.05) is 10.8 Å². The number of nitrogens with zero attached hydrogens (tertiary/aromatic N) is 5. The molecule has 6 aromatic rings. The number of alkyl halides is 1. The van der Waals surface area contributed by atoms with E-state index >= 15 is 0 Å². The minimum Gasteiger partial charge on any atom is -0.382 e. The van der Waals surface area contributed by atoms with Gasteiger partial charge in [-0.15, -0.1) is 22.9 Å². The second-order valence-corrected chi connectivity index (χ2v) is 9.22. The number of halogens is 1. The Balaban J connectivity index is 1.32. The van der Waals surface area contributed by atoms with Crippen molar-refractivity contribution in [2.75, 3.05) is 16.5 Å². The molecule has 0 saturated carbocycles. The van der Waals surface area contributed by atoms with Gasteiger partial charge in [0.25, 0.3) is 5.91 Å². The molecule has 0 radical (unpaired) electrons. The molecule has 0 aliphatic rings. The number of amides is 1. The molecule has 36 heavy (non-hydrogen) atoms. The lowest BCUT2D eigenvalue weighted by atomic mass is 10.1.